The van der Waals surface area contributed by atoms with E-state index in [9.17, 15) is 4.79 Å². The Bertz CT molecular complexity index is 130. The normalized spacial score (nSPS) is 18.6. The summed E-state index contributed by atoms with van der Waals surface area (Å²) >= 11 is 4.89. The highest BCUT2D eigenvalue weighted by atomic mass is 35.5. The van der Waals surface area contributed by atoms with Crippen LogP contribution in [0.25, 0.3) is 0 Å². The van der Waals surface area contributed by atoms with Crippen molar-refractivity contribution in [1.82, 2.24) is 0 Å². The Labute approximate surface area is 72.0 Å². The molecule has 0 aromatic heterocycles. The Morgan fingerprint density at radius 3 is 2.64 bits per heavy atom. The van der Waals surface area contributed by atoms with E-state index in [1.54, 1.807) is 0 Å². The van der Waals surface area contributed by atoms with Crippen LogP contribution in [-0.4, -0.2) is 5.97 Å². The maximum atomic E-state index is 10.6. The molecule has 3 heteroatoms. The number of hydrogen-bond acceptors (Lipinski definition) is 2. The molecular weight excluding hydrogens is 164 g/mol. The number of rotatable bonds is 3. The molecule has 0 aliphatic heterocycles. The fourth-order valence-corrected chi connectivity index (χ4v) is 1.74. The fraction of sp³-hybridized carbons (Fsp3) is 0.875. The lowest BCUT2D eigenvalue weighted by Gasteiger charge is -2.05. The van der Waals surface area contributed by atoms with E-state index in [0.29, 0.717) is 6.42 Å². The molecule has 0 unspecified atom stereocenters. The summed E-state index contributed by atoms with van der Waals surface area (Å²) in [7, 11) is 0. The largest absolute Gasteiger partial charge is 0.348 e. The van der Waals surface area contributed by atoms with Crippen LogP contribution in [-0.2, 0) is 9.08 Å². The molecule has 1 saturated carbocycles. The number of hydrogen-bond donors (Lipinski definition) is 0. The first kappa shape index (κ1) is 8.85. The van der Waals surface area contributed by atoms with E-state index >= 15 is 0 Å². The molecule has 1 aliphatic rings. The van der Waals surface area contributed by atoms with Gasteiger partial charge in [0, 0.05) is 6.42 Å². The molecule has 0 radical (unpaired) electrons. The van der Waals surface area contributed by atoms with Crippen molar-refractivity contribution >= 4 is 17.8 Å². The summed E-state index contributed by atoms with van der Waals surface area (Å²) in [5, 5.41) is 0. The van der Waals surface area contributed by atoms with Crippen LogP contribution in [0.5, 0.6) is 0 Å². The van der Waals surface area contributed by atoms with E-state index in [0.717, 1.165) is 12.3 Å². The maximum absolute atomic E-state index is 10.6. The van der Waals surface area contributed by atoms with Crippen molar-refractivity contribution in [3.63, 3.8) is 0 Å². The van der Waals surface area contributed by atoms with Gasteiger partial charge in [-0.25, -0.2) is 0 Å². The average molecular weight is 177 g/mol. The van der Waals surface area contributed by atoms with Crippen molar-refractivity contribution < 1.29 is 9.08 Å². The summed E-state index contributed by atoms with van der Waals surface area (Å²) in [6.07, 6.45) is 6.62. The van der Waals surface area contributed by atoms with Crippen molar-refractivity contribution in [3.05, 3.63) is 0 Å². The van der Waals surface area contributed by atoms with Crippen molar-refractivity contribution in [3.8, 4) is 0 Å². The number of halogens is 1. The van der Waals surface area contributed by atoms with Crippen LogP contribution in [0.15, 0.2) is 0 Å². The maximum Gasteiger partial charge on any atom is 0.324 e. The Kier molecular flexibility index (Phi) is 3.70. The molecule has 1 fully saturated rings. The molecule has 0 N–H and O–H groups in total. The molecule has 0 aromatic rings. The standard InChI is InChI=1S/C8H13ClO2/c9-11-8(10)6-5-7-3-1-2-4-7/h7H,1-6H2. The Morgan fingerprint density at radius 1 is 1.45 bits per heavy atom. The molecule has 0 amide bonds. The van der Waals surface area contributed by atoms with Gasteiger partial charge in [0.1, 0.15) is 11.9 Å². The predicted octanol–water partition coefficient (Wildman–Crippen LogP) is 2.65. The van der Waals surface area contributed by atoms with E-state index in [1.165, 1.54) is 25.7 Å². The van der Waals surface area contributed by atoms with Gasteiger partial charge >= 0.3 is 5.97 Å². The summed E-state index contributed by atoms with van der Waals surface area (Å²) in [5.74, 6) is 0.448. The lowest BCUT2D eigenvalue weighted by Crippen LogP contribution is -2.01. The Hall–Kier alpha value is -0.240. The minimum Gasteiger partial charge on any atom is -0.348 e. The second kappa shape index (κ2) is 4.60. The van der Waals surface area contributed by atoms with E-state index in [1.807, 2.05) is 0 Å². The monoisotopic (exact) mass is 176 g/mol. The third-order valence-electron chi connectivity index (χ3n) is 2.32. The van der Waals surface area contributed by atoms with Crippen LogP contribution in [0.1, 0.15) is 38.5 Å². The van der Waals surface area contributed by atoms with E-state index in [-0.39, 0.29) is 5.97 Å². The molecule has 0 saturated heterocycles. The topological polar surface area (TPSA) is 26.3 Å². The summed E-state index contributed by atoms with van der Waals surface area (Å²) in [4.78, 5) is 10.6. The molecule has 0 bridgehead atoms. The SMILES string of the molecule is O=C(CCC1CCCC1)OCl. The molecule has 0 spiro atoms. The average Bonchev–Trinajstić information content (AvgIpc) is 2.52. The lowest BCUT2D eigenvalue weighted by atomic mass is 10.0. The van der Waals surface area contributed by atoms with Gasteiger partial charge in [-0.05, 0) is 12.3 Å². The molecule has 0 aromatic carbocycles. The van der Waals surface area contributed by atoms with Crippen molar-refractivity contribution in [1.29, 1.82) is 0 Å². The Balaban J connectivity index is 2.06. The van der Waals surface area contributed by atoms with Crippen LogP contribution < -0.4 is 0 Å². The zero-order chi connectivity index (χ0) is 8.10. The van der Waals surface area contributed by atoms with E-state index in [2.05, 4.69) is 4.29 Å². The second-order valence-electron chi connectivity index (χ2n) is 3.14. The van der Waals surface area contributed by atoms with Crippen LogP contribution in [0.3, 0.4) is 0 Å². The van der Waals surface area contributed by atoms with Crippen molar-refractivity contribution in [2.24, 2.45) is 5.92 Å². The third kappa shape index (κ3) is 3.10. The summed E-state index contributed by atoms with van der Waals surface area (Å²) < 4.78 is 4.04. The van der Waals surface area contributed by atoms with Gasteiger partial charge in [0.05, 0.1) is 0 Å². The van der Waals surface area contributed by atoms with Crippen molar-refractivity contribution in [2.75, 3.05) is 0 Å². The molecule has 11 heavy (non-hydrogen) atoms. The molecule has 2 nitrogen and oxygen atoms in total. The van der Waals surface area contributed by atoms with Gasteiger partial charge in [0.25, 0.3) is 0 Å². The van der Waals surface area contributed by atoms with Crippen molar-refractivity contribution in [2.45, 2.75) is 38.5 Å². The number of carbonyl (C=O) groups excluding carboxylic acids is 1. The minimum atomic E-state index is -0.293. The Morgan fingerprint density at radius 2 is 2.09 bits per heavy atom. The van der Waals surface area contributed by atoms with Gasteiger partial charge in [-0.15, -0.1) is 0 Å². The van der Waals surface area contributed by atoms with Crippen LogP contribution in [0.2, 0.25) is 0 Å². The minimum absolute atomic E-state index is 0.293. The van der Waals surface area contributed by atoms with Gasteiger partial charge in [-0.2, -0.15) is 0 Å². The van der Waals surface area contributed by atoms with Gasteiger partial charge in [-0.1, -0.05) is 25.7 Å². The predicted molar refractivity (Wildman–Crippen MR) is 43.1 cm³/mol. The zero-order valence-electron chi connectivity index (χ0n) is 6.51. The summed E-state index contributed by atoms with van der Waals surface area (Å²) in [6, 6.07) is 0. The van der Waals surface area contributed by atoms with Crippen LogP contribution >= 0.6 is 11.9 Å². The lowest BCUT2D eigenvalue weighted by molar-refractivity contribution is -0.134. The molecule has 1 rings (SSSR count). The molecular formula is C8H13ClO2. The second-order valence-corrected chi connectivity index (χ2v) is 3.29. The quantitative estimate of drug-likeness (QED) is 0.661. The third-order valence-corrected chi connectivity index (χ3v) is 2.49. The smallest absolute Gasteiger partial charge is 0.324 e. The van der Waals surface area contributed by atoms with Gasteiger partial charge in [-0.3, -0.25) is 4.79 Å². The van der Waals surface area contributed by atoms with Crippen LogP contribution in [0, 0.1) is 5.92 Å². The summed E-state index contributed by atoms with van der Waals surface area (Å²) in [6.45, 7) is 0. The summed E-state index contributed by atoms with van der Waals surface area (Å²) in [5.41, 5.74) is 0. The van der Waals surface area contributed by atoms with Crippen LogP contribution in [0.4, 0.5) is 0 Å². The van der Waals surface area contributed by atoms with E-state index in [4.69, 9.17) is 11.9 Å². The number of carbonyl (C=O) groups is 1. The first-order valence-corrected chi connectivity index (χ1v) is 4.45. The molecule has 0 atom stereocenters. The fourth-order valence-electron chi connectivity index (χ4n) is 1.66. The molecule has 1 aliphatic carbocycles. The molecule has 0 heterocycles. The van der Waals surface area contributed by atoms with Gasteiger partial charge < -0.3 is 4.29 Å². The zero-order valence-corrected chi connectivity index (χ0v) is 7.27. The highest BCUT2D eigenvalue weighted by Crippen LogP contribution is 2.28. The highest BCUT2D eigenvalue weighted by molar-refractivity contribution is 6.13. The highest BCUT2D eigenvalue weighted by Gasteiger charge is 2.16. The van der Waals surface area contributed by atoms with E-state index < -0.39 is 0 Å². The van der Waals surface area contributed by atoms with Gasteiger partial charge in [0.2, 0.25) is 0 Å². The first-order valence-electron chi connectivity index (χ1n) is 4.14. The first-order chi connectivity index (χ1) is 5.33. The molecule has 64 valence electrons. The van der Waals surface area contributed by atoms with Gasteiger partial charge in [0.15, 0.2) is 0 Å².